The lowest BCUT2D eigenvalue weighted by molar-refractivity contribution is -0.133. The SMILES string of the molecule is O=C(Cn1c(=O)oc2ccccc21)N1CCC(Oc2ncccc2Cl)CC1. The summed E-state index contributed by atoms with van der Waals surface area (Å²) in [5.41, 5.74) is 1.11. The fourth-order valence-electron chi connectivity index (χ4n) is 3.24. The number of halogens is 1. The van der Waals surface area contributed by atoms with Crippen molar-refractivity contribution in [1.29, 1.82) is 0 Å². The van der Waals surface area contributed by atoms with E-state index >= 15 is 0 Å². The third-order valence-corrected chi connectivity index (χ3v) is 4.95. The van der Waals surface area contributed by atoms with Crippen LogP contribution in [-0.4, -0.2) is 39.6 Å². The molecule has 140 valence electrons. The maximum absolute atomic E-state index is 12.6. The number of rotatable bonds is 4. The molecule has 1 aliphatic heterocycles. The molecule has 4 rings (SSSR count). The molecule has 1 amide bonds. The summed E-state index contributed by atoms with van der Waals surface area (Å²) in [6.07, 6.45) is 2.95. The van der Waals surface area contributed by atoms with Crippen LogP contribution in [0.3, 0.4) is 0 Å². The minimum atomic E-state index is -0.521. The summed E-state index contributed by atoms with van der Waals surface area (Å²) in [4.78, 5) is 30.5. The molecule has 0 saturated carbocycles. The Balaban J connectivity index is 1.38. The molecule has 7 nitrogen and oxygen atoms in total. The monoisotopic (exact) mass is 387 g/mol. The van der Waals surface area contributed by atoms with Crippen molar-refractivity contribution in [1.82, 2.24) is 14.5 Å². The van der Waals surface area contributed by atoms with E-state index in [4.69, 9.17) is 20.8 Å². The van der Waals surface area contributed by atoms with Crippen molar-refractivity contribution in [2.45, 2.75) is 25.5 Å². The van der Waals surface area contributed by atoms with Crippen LogP contribution in [0.5, 0.6) is 5.88 Å². The first-order chi connectivity index (χ1) is 13.1. The highest BCUT2D eigenvalue weighted by Crippen LogP contribution is 2.24. The Hall–Kier alpha value is -2.80. The lowest BCUT2D eigenvalue weighted by Gasteiger charge is -2.32. The van der Waals surface area contributed by atoms with Crippen LogP contribution in [0.2, 0.25) is 5.02 Å². The number of carbonyl (C=O) groups is 1. The van der Waals surface area contributed by atoms with Crippen molar-refractivity contribution >= 4 is 28.6 Å². The number of likely N-dealkylation sites (tertiary alicyclic amines) is 1. The molecular formula is C19H18ClN3O4. The van der Waals surface area contributed by atoms with E-state index in [0.29, 0.717) is 47.9 Å². The van der Waals surface area contributed by atoms with Gasteiger partial charge in [0.2, 0.25) is 11.8 Å². The van der Waals surface area contributed by atoms with Crippen LogP contribution in [0, 0.1) is 0 Å². The highest BCUT2D eigenvalue weighted by molar-refractivity contribution is 6.31. The molecule has 3 aromatic rings. The van der Waals surface area contributed by atoms with Crippen molar-refractivity contribution in [3.8, 4) is 5.88 Å². The Labute approximate surface area is 160 Å². The molecule has 1 aliphatic rings. The van der Waals surface area contributed by atoms with Gasteiger partial charge in [0.25, 0.3) is 0 Å². The van der Waals surface area contributed by atoms with Gasteiger partial charge < -0.3 is 14.1 Å². The fourth-order valence-corrected chi connectivity index (χ4v) is 3.40. The first kappa shape index (κ1) is 17.6. The van der Waals surface area contributed by atoms with Gasteiger partial charge in [0.15, 0.2) is 5.58 Å². The summed E-state index contributed by atoms with van der Waals surface area (Å²) in [6, 6.07) is 10.6. The smallest absolute Gasteiger partial charge is 0.420 e. The summed E-state index contributed by atoms with van der Waals surface area (Å²) >= 11 is 6.07. The van der Waals surface area contributed by atoms with E-state index in [1.165, 1.54) is 4.57 Å². The van der Waals surface area contributed by atoms with Crippen molar-refractivity contribution in [3.63, 3.8) is 0 Å². The molecule has 0 radical (unpaired) electrons. The van der Waals surface area contributed by atoms with Crippen LogP contribution in [0.1, 0.15) is 12.8 Å². The zero-order valence-electron chi connectivity index (χ0n) is 14.5. The summed E-state index contributed by atoms with van der Waals surface area (Å²) < 4.78 is 12.4. The molecular weight excluding hydrogens is 370 g/mol. The highest BCUT2D eigenvalue weighted by Gasteiger charge is 2.25. The largest absolute Gasteiger partial charge is 0.473 e. The second-order valence-corrected chi connectivity index (χ2v) is 6.82. The van der Waals surface area contributed by atoms with Crippen LogP contribution in [0.4, 0.5) is 0 Å². The van der Waals surface area contributed by atoms with Crippen LogP contribution in [-0.2, 0) is 11.3 Å². The Bertz CT molecular complexity index is 1020. The Kier molecular flexibility index (Phi) is 4.85. The first-order valence-corrected chi connectivity index (χ1v) is 9.13. The molecule has 1 fully saturated rings. The molecule has 8 heteroatoms. The number of oxazole rings is 1. The number of hydrogen-bond donors (Lipinski definition) is 0. The Morgan fingerprint density at radius 2 is 2.00 bits per heavy atom. The summed E-state index contributed by atoms with van der Waals surface area (Å²) in [5.74, 6) is -0.217. The molecule has 3 heterocycles. The van der Waals surface area contributed by atoms with Gasteiger partial charge in [0.1, 0.15) is 17.7 Å². The Morgan fingerprint density at radius 1 is 1.22 bits per heavy atom. The minimum Gasteiger partial charge on any atom is -0.473 e. The topological polar surface area (TPSA) is 77.6 Å². The number of ether oxygens (including phenoxy) is 1. The first-order valence-electron chi connectivity index (χ1n) is 8.75. The van der Waals surface area contributed by atoms with Gasteiger partial charge in [-0.3, -0.25) is 9.36 Å². The standard InChI is InChI=1S/C19H18ClN3O4/c20-14-4-3-9-21-18(14)26-13-7-10-22(11-8-13)17(24)12-23-15-5-1-2-6-16(15)27-19(23)25/h1-6,9,13H,7-8,10-12H2. The molecule has 1 saturated heterocycles. The number of aromatic nitrogens is 2. The van der Waals surface area contributed by atoms with Gasteiger partial charge in [-0.2, -0.15) is 0 Å². The predicted molar refractivity (Wildman–Crippen MR) is 100.0 cm³/mol. The zero-order valence-corrected chi connectivity index (χ0v) is 15.3. The average Bonchev–Trinajstić information content (AvgIpc) is 2.99. The highest BCUT2D eigenvalue weighted by atomic mass is 35.5. The van der Waals surface area contributed by atoms with Gasteiger partial charge in [-0.15, -0.1) is 0 Å². The maximum atomic E-state index is 12.6. The van der Waals surface area contributed by atoms with E-state index < -0.39 is 5.76 Å². The summed E-state index contributed by atoms with van der Waals surface area (Å²) in [5, 5.41) is 0.474. The van der Waals surface area contributed by atoms with E-state index in [1.54, 1.807) is 41.4 Å². The van der Waals surface area contributed by atoms with Gasteiger partial charge in [-0.25, -0.2) is 9.78 Å². The van der Waals surface area contributed by atoms with E-state index in [9.17, 15) is 9.59 Å². The molecule has 0 bridgehead atoms. The number of carbonyl (C=O) groups excluding carboxylic acids is 1. The molecule has 0 atom stereocenters. The number of fused-ring (bicyclic) bond motifs is 1. The average molecular weight is 388 g/mol. The minimum absolute atomic E-state index is 0.0343. The van der Waals surface area contributed by atoms with Crippen LogP contribution in [0.15, 0.2) is 51.8 Å². The van der Waals surface area contributed by atoms with Gasteiger partial charge in [0, 0.05) is 32.1 Å². The van der Waals surface area contributed by atoms with Crippen LogP contribution >= 0.6 is 11.6 Å². The molecule has 0 unspecified atom stereocenters. The van der Waals surface area contributed by atoms with Crippen LogP contribution < -0.4 is 10.5 Å². The molecule has 0 N–H and O–H groups in total. The fraction of sp³-hybridized carbons (Fsp3) is 0.316. The van der Waals surface area contributed by atoms with E-state index in [-0.39, 0.29) is 18.6 Å². The second kappa shape index (κ2) is 7.44. The zero-order chi connectivity index (χ0) is 18.8. The van der Waals surface area contributed by atoms with Crippen molar-refractivity contribution in [3.05, 3.63) is 58.2 Å². The lowest BCUT2D eigenvalue weighted by atomic mass is 10.1. The molecule has 0 aliphatic carbocycles. The lowest BCUT2D eigenvalue weighted by Crippen LogP contribution is -2.43. The van der Waals surface area contributed by atoms with Crippen LogP contribution in [0.25, 0.3) is 11.1 Å². The van der Waals surface area contributed by atoms with Crippen molar-refractivity contribution in [2.24, 2.45) is 0 Å². The molecule has 1 aromatic carbocycles. The second-order valence-electron chi connectivity index (χ2n) is 6.41. The molecule has 2 aromatic heterocycles. The number of benzene rings is 1. The number of para-hydroxylation sites is 2. The number of piperidine rings is 1. The van der Waals surface area contributed by atoms with E-state index in [0.717, 1.165) is 0 Å². The molecule has 27 heavy (non-hydrogen) atoms. The predicted octanol–water partition coefficient (Wildman–Crippen LogP) is 2.71. The Morgan fingerprint density at radius 3 is 2.78 bits per heavy atom. The number of hydrogen-bond acceptors (Lipinski definition) is 5. The van der Waals surface area contributed by atoms with Crippen molar-refractivity contribution < 1.29 is 13.9 Å². The number of pyridine rings is 1. The van der Waals surface area contributed by atoms with E-state index in [2.05, 4.69) is 4.98 Å². The quantitative estimate of drug-likeness (QED) is 0.687. The normalized spacial score (nSPS) is 15.2. The molecule has 0 spiro atoms. The van der Waals surface area contributed by atoms with Gasteiger partial charge in [0.05, 0.1) is 5.52 Å². The number of amides is 1. The van der Waals surface area contributed by atoms with E-state index in [1.807, 2.05) is 6.07 Å². The third kappa shape index (κ3) is 3.68. The third-order valence-electron chi connectivity index (χ3n) is 4.66. The summed E-state index contributed by atoms with van der Waals surface area (Å²) in [6.45, 7) is 1.07. The maximum Gasteiger partial charge on any atom is 0.420 e. The number of nitrogens with zero attached hydrogens (tertiary/aromatic N) is 3. The van der Waals surface area contributed by atoms with Gasteiger partial charge in [-0.1, -0.05) is 23.7 Å². The van der Waals surface area contributed by atoms with Gasteiger partial charge >= 0.3 is 5.76 Å². The van der Waals surface area contributed by atoms with Crippen molar-refractivity contribution in [2.75, 3.05) is 13.1 Å². The summed E-state index contributed by atoms with van der Waals surface area (Å²) in [7, 11) is 0. The van der Waals surface area contributed by atoms with Gasteiger partial charge in [-0.05, 0) is 24.3 Å².